The van der Waals surface area contributed by atoms with Crippen LogP contribution < -0.4 is 0 Å². The molecule has 2 N–H and O–H groups in total. The molecule has 0 fully saturated rings. The van der Waals surface area contributed by atoms with E-state index in [0.717, 1.165) is 0 Å². The number of nitrogens with one attached hydrogen (secondary N) is 1. The second-order valence-corrected chi connectivity index (χ2v) is 4.33. The molecule has 6 nitrogen and oxygen atoms in total. The van der Waals surface area contributed by atoms with Crippen LogP contribution in [0.5, 0.6) is 0 Å². The van der Waals surface area contributed by atoms with E-state index >= 15 is 0 Å². The normalized spacial score (nSPS) is 12.5. The molecule has 6 heteroatoms. The van der Waals surface area contributed by atoms with Crippen molar-refractivity contribution in [2.75, 3.05) is 7.05 Å². The Balaban J connectivity index is 2.97. The molecule has 0 aliphatic heterocycles. The van der Waals surface area contributed by atoms with Crippen LogP contribution in [0.3, 0.4) is 0 Å². The van der Waals surface area contributed by atoms with Crippen molar-refractivity contribution in [1.82, 2.24) is 14.9 Å². The summed E-state index contributed by atoms with van der Waals surface area (Å²) in [5.41, 5.74) is -0.217. The Labute approximate surface area is 99.7 Å². The molecule has 0 aromatic carbocycles. The zero-order chi connectivity index (χ0) is 13.2. The second-order valence-electron chi connectivity index (χ2n) is 4.33. The van der Waals surface area contributed by atoms with Gasteiger partial charge in [0.1, 0.15) is 0 Å². The van der Waals surface area contributed by atoms with Crippen LogP contribution in [-0.2, 0) is 0 Å². The zero-order valence-corrected chi connectivity index (χ0v) is 10.4. The van der Waals surface area contributed by atoms with Crippen LogP contribution in [-0.4, -0.2) is 44.9 Å². The summed E-state index contributed by atoms with van der Waals surface area (Å²) in [5, 5.41) is 8.89. The van der Waals surface area contributed by atoms with Gasteiger partial charge in [-0.1, -0.05) is 13.8 Å². The lowest BCUT2D eigenvalue weighted by molar-refractivity contribution is 0.0653. The average molecular weight is 239 g/mol. The number of hydrogen-bond acceptors (Lipinski definition) is 3. The molecule has 0 saturated heterocycles. The molecule has 94 valence electrons. The Hall–Kier alpha value is -1.85. The van der Waals surface area contributed by atoms with Gasteiger partial charge in [0.25, 0.3) is 5.91 Å². The van der Waals surface area contributed by atoms with Crippen molar-refractivity contribution in [2.45, 2.75) is 26.8 Å². The number of imidazole rings is 1. The topological polar surface area (TPSA) is 86.3 Å². The number of amides is 1. The van der Waals surface area contributed by atoms with Crippen LogP contribution in [0.2, 0.25) is 0 Å². The number of carbonyl (C=O) groups excluding carboxylic acids is 1. The first-order chi connectivity index (χ1) is 7.86. The first kappa shape index (κ1) is 13.2. The molecule has 0 aliphatic carbocycles. The van der Waals surface area contributed by atoms with Crippen LogP contribution in [0.15, 0.2) is 6.33 Å². The van der Waals surface area contributed by atoms with Gasteiger partial charge in [0.15, 0.2) is 11.4 Å². The van der Waals surface area contributed by atoms with Crippen molar-refractivity contribution in [3.05, 3.63) is 17.7 Å². The van der Waals surface area contributed by atoms with Gasteiger partial charge in [0.05, 0.1) is 6.33 Å². The average Bonchev–Trinajstić information content (AvgIpc) is 2.74. The minimum Gasteiger partial charge on any atom is -0.477 e. The van der Waals surface area contributed by atoms with Crippen LogP contribution in [0.4, 0.5) is 0 Å². The van der Waals surface area contributed by atoms with Gasteiger partial charge in [0, 0.05) is 13.1 Å². The van der Waals surface area contributed by atoms with Gasteiger partial charge in [-0.15, -0.1) is 0 Å². The van der Waals surface area contributed by atoms with Gasteiger partial charge in [-0.2, -0.15) is 0 Å². The molecule has 0 bridgehead atoms. The van der Waals surface area contributed by atoms with Crippen molar-refractivity contribution in [3.8, 4) is 0 Å². The number of aromatic carboxylic acids is 1. The maximum absolute atomic E-state index is 12.1. The lowest BCUT2D eigenvalue weighted by Crippen LogP contribution is -2.39. The fourth-order valence-electron chi connectivity index (χ4n) is 1.42. The van der Waals surface area contributed by atoms with Gasteiger partial charge in [-0.05, 0) is 12.8 Å². The minimum atomic E-state index is -1.18. The highest BCUT2D eigenvalue weighted by Crippen LogP contribution is 2.13. The molecular weight excluding hydrogens is 222 g/mol. The molecule has 1 aromatic rings. The predicted molar refractivity (Wildman–Crippen MR) is 61.9 cm³/mol. The van der Waals surface area contributed by atoms with Crippen molar-refractivity contribution < 1.29 is 14.7 Å². The molecule has 1 amide bonds. The van der Waals surface area contributed by atoms with E-state index in [1.807, 2.05) is 20.8 Å². The molecule has 0 saturated carbocycles. The van der Waals surface area contributed by atoms with Gasteiger partial charge in [0.2, 0.25) is 0 Å². The summed E-state index contributed by atoms with van der Waals surface area (Å²) in [7, 11) is 1.65. The van der Waals surface area contributed by atoms with Gasteiger partial charge >= 0.3 is 5.97 Å². The highest BCUT2D eigenvalue weighted by molar-refractivity contribution is 6.02. The van der Waals surface area contributed by atoms with E-state index in [2.05, 4.69) is 9.97 Å². The lowest BCUT2D eigenvalue weighted by atomic mass is 10.0. The quantitative estimate of drug-likeness (QED) is 0.827. The first-order valence-electron chi connectivity index (χ1n) is 5.40. The Morgan fingerprint density at radius 2 is 2.00 bits per heavy atom. The Bertz CT molecular complexity index is 425. The number of carboxylic acid groups (broad SMARTS) is 1. The van der Waals surface area contributed by atoms with Crippen molar-refractivity contribution in [2.24, 2.45) is 5.92 Å². The Morgan fingerprint density at radius 3 is 2.47 bits per heavy atom. The summed E-state index contributed by atoms with van der Waals surface area (Å²) in [5.74, 6) is -1.28. The van der Waals surface area contributed by atoms with E-state index < -0.39 is 5.97 Å². The summed E-state index contributed by atoms with van der Waals surface area (Å²) in [6.07, 6.45) is 1.21. The van der Waals surface area contributed by atoms with Crippen LogP contribution in [0, 0.1) is 5.92 Å². The smallest absolute Gasteiger partial charge is 0.354 e. The van der Waals surface area contributed by atoms with Gasteiger partial charge in [-0.3, -0.25) is 4.79 Å². The summed E-state index contributed by atoms with van der Waals surface area (Å²) in [6.45, 7) is 5.91. The molecular formula is C11H17N3O3. The monoisotopic (exact) mass is 239 g/mol. The summed E-state index contributed by atoms with van der Waals surface area (Å²) in [6, 6.07) is 0.0147. The Kier molecular flexibility index (Phi) is 3.88. The standard InChI is InChI=1S/C11H17N3O3/c1-6(2)7(3)14(4)10(15)8-9(11(16)17)13-5-12-8/h5-7H,1-4H3,(H,12,13)(H,16,17). The van der Waals surface area contributed by atoms with Crippen LogP contribution in [0.1, 0.15) is 41.7 Å². The SMILES string of the molecule is CC(C)C(C)N(C)C(=O)c1nc[nH]c1C(=O)O. The largest absolute Gasteiger partial charge is 0.477 e. The fourth-order valence-corrected chi connectivity index (χ4v) is 1.42. The van der Waals surface area contributed by atoms with Crippen LogP contribution >= 0.6 is 0 Å². The highest BCUT2D eigenvalue weighted by atomic mass is 16.4. The third kappa shape index (κ3) is 2.64. The van der Waals surface area contributed by atoms with Crippen molar-refractivity contribution in [3.63, 3.8) is 0 Å². The number of nitrogens with zero attached hydrogens (tertiary/aromatic N) is 2. The molecule has 0 radical (unpaired) electrons. The van der Waals surface area contributed by atoms with Crippen molar-refractivity contribution >= 4 is 11.9 Å². The molecule has 1 rings (SSSR count). The number of rotatable bonds is 4. The number of hydrogen-bond donors (Lipinski definition) is 2. The maximum Gasteiger partial charge on any atom is 0.354 e. The number of carboxylic acids is 1. The molecule has 0 spiro atoms. The predicted octanol–water partition coefficient (Wildman–Crippen LogP) is 1.22. The number of aromatic nitrogens is 2. The zero-order valence-electron chi connectivity index (χ0n) is 10.4. The van der Waals surface area contributed by atoms with E-state index in [9.17, 15) is 9.59 Å². The van der Waals surface area contributed by atoms with E-state index in [1.165, 1.54) is 11.2 Å². The third-order valence-electron chi connectivity index (χ3n) is 2.95. The summed E-state index contributed by atoms with van der Waals surface area (Å²) >= 11 is 0. The van der Waals surface area contributed by atoms with Crippen molar-refractivity contribution in [1.29, 1.82) is 0 Å². The Morgan fingerprint density at radius 1 is 1.41 bits per heavy atom. The third-order valence-corrected chi connectivity index (χ3v) is 2.95. The number of H-pyrrole nitrogens is 1. The van der Waals surface area contributed by atoms with E-state index in [-0.39, 0.29) is 29.3 Å². The second kappa shape index (κ2) is 4.99. The number of carbonyl (C=O) groups is 2. The molecule has 17 heavy (non-hydrogen) atoms. The van der Waals surface area contributed by atoms with E-state index in [1.54, 1.807) is 7.05 Å². The van der Waals surface area contributed by atoms with Gasteiger partial charge < -0.3 is 15.0 Å². The minimum absolute atomic E-state index is 0.0147. The lowest BCUT2D eigenvalue weighted by Gasteiger charge is -2.27. The summed E-state index contributed by atoms with van der Waals surface area (Å²) < 4.78 is 0. The molecule has 1 atom stereocenters. The van der Waals surface area contributed by atoms with Crippen LogP contribution in [0.25, 0.3) is 0 Å². The van der Waals surface area contributed by atoms with Gasteiger partial charge in [-0.25, -0.2) is 9.78 Å². The maximum atomic E-state index is 12.1. The highest BCUT2D eigenvalue weighted by Gasteiger charge is 2.26. The molecule has 0 aliphatic rings. The van der Waals surface area contributed by atoms with E-state index in [0.29, 0.717) is 0 Å². The molecule has 1 heterocycles. The summed E-state index contributed by atoms with van der Waals surface area (Å²) in [4.78, 5) is 30.7. The fraction of sp³-hybridized carbons (Fsp3) is 0.545. The first-order valence-corrected chi connectivity index (χ1v) is 5.40. The molecule has 1 aromatic heterocycles. The van der Waals surface area contributed by atoms with E-state index in [4.69, 9.17) is 5.11 Å². The molecule has 1 unspecified atom stereocenters. The number of aromatic amines is 1.